The van der Waals surface area contributed by atoms with Crippen LogP contribution in [0, 0.1) is 10.1 Å². The number of nitro groups is 1. The van der Waals surface area contributed by atoms with E-state index in [-0.39, 0.29) is 48.0 Å². The van der Waals surface area contributed by atoms with Crippen LogP contribution in [0.3, 0.4) is 0 Å². The number of anilines is 1. The molecule has 2 aromatic rings. The molecule has 9 nitrogen and oxygen atoms in total. The lowest BCUT2D eigenvalue weighted by atomic mass is 9.99. The SMILES string of the molecule is CCC(C)c1ccc(S(=O)(=O)N2CCN(C(=O)c3ccc(N)c([N+](=O)[O-])c3)CC2)cc1. The van der Waals surface area contributed by atoms with Gasteiger partial charge in [0, 0.05) is 37.8 Å². The topological polar surface area (TPSA) is 127 Å². The van der Waals surface area contributed by atoms with Crippen LogP contribution in [-0.4, -0.2) is 54.6 Å². The second kappa shape index (κ2) is 9.03. The molecule has 1 atom stereocenters. The maximum Gasteiger partial charge on any atom is 0.292 e. The van der Waals surface area contributed by atoms with Gasteiger partial charge in [0.25, 0.3) is 11.6 Å². The maximum absolute atomic E-state index is 13.0. The summed E-state index contributed by atoms with van der Waals surface area (Å²) < 4.78 is 27.3. The van der Waals surface area contributed by atoms with Crippen molar-refractivity contribution in [2.45, 2.75) is 31.1 Å². The summed E-state index contributed by atoms with van der Waals surface area (Å²) in [5.74, 6) is -0.0338. The van der Waals surface area contributed by atoms with E-state index >= 15 is 0 Å². The standard InChI is InChI=1S/C21H26N4O5S/c1-3-15(2)16-4-7-18(8-5-16)31(29,30)24-12-10-23(11-13-24)21(26)17-6-9-19(22)20(14-17)25(27)28/h4-9,14-15H,3,10-13,22H2,1-2H3. The van der Waals surface area contributed by atoms with Gasteiger partial charge in [-0.15, -0.1) is 0 Å². The summed E-state index contributed by atoms with van der Waals surface area (Å²) in [4.78, 5) is 24.9. The Labute approximate surface area is 181 Å². The van der Waals surface area contributed by atoms with Crippen molar-refractivity contribution in [3.05, 3.63) is 63.7 Å². The summed E-state index contributed by atoms with van der Waals surface area (Å²) in [5, 5.41) is 11.1. The van der Waals surface area contributed by atoms with Crippen LogP contribution in [-0.2, 0) is 10.0 Å². The molecule has 1 aliphatic heterocycles. The highest BCUT2D eigenvalue weighted by atomic mass is 32.2. The van der Waals surface area contributed by atoms with E-state index in [1.165, 1.54) is 21.3 Å². The van der Waals surface area contributed by atoms with Crippen LogP contribution in [0.2, 0.25) is 0 Å². The number of piperazine rings is 1. The molecule has 0 aliphatic carbocycles. The van der Waals surface area contributed by atoms with Crippen molar-refractivity contribution in [2.75, 3.05) is 31.9 Å². The van der Waals surface area contributed by atoms with Gasteiger partial charge in [0.1, 0.15) is 5.69 Å². The molecule has 1 unspecified atom stereocenters. The van der Waals surface area contributed by atoms with E-state index in [4.69, 9.17) is 5.73 Å². The summed E-state index contributed by atoms with van der Waals surface area (Å²) in [6.07, 6.45) is 0.971. The van der Waals surface area contributed by atoms with Gasteiger partial charge in [0.05, 0.1) is 9.82 Å². The van der Waals surface area contributed by atoms with Gasteiger partial charge < -0.3 is 10.6 Å². The van der Waals surface area contributed by atoms with E-state index in [9.17, 15) is 23.3 Å². The summed E-state index contributed by atoms with van der Waals surface area (Å²) >= 11 is 0. The number of carbonyl (C=O) groups is 1. The Kier molecular flexibility index (Phi) is 6.61. The van der Waals surface area contributed by atoms with Gasteiger partial charge >= 0.3 is 0 Å². The van der Waals surface area contributed by atoms with Crippen molar-refractivity contribution in [2.24, 2.45) is 0 Å². The molecule has 0 spiro atoms. The number of nitrogens with zero attached hydrogens (tertiary/aromatic N) is 3. The van der Waals surface area contributed by atoms with E-state index in [0.29, 0.717) is 5.92 Å². The zero-order chi connectivity index (χ0) is 22.8. The molecular formula is C21H26N4O5S. The highest BCUT2D eigenvalue weighted by Crippen LogP contribution is 2.25. The van der Waals surface area contributed by atoms with Gasteiger partial charge in [0.15, 0.2) is 0 Å². The van der Waals surface area contributed by atoms with Gasteiger partial charge in [-0.25, -0.2) is 8.42 Å². The Hall–Kier alpha value is -2.98. The zero-order valence-corrected chi connectivity index (χ0v) is 18.3. The van der Waals surface area contributed by atoms with Gasteiger partial charge in [-0.05, 0) is 42.2 Å². The van der Waals surface area contributed by atoms with Crippen LogP contribution < -0.4 is 5.73 Å². The number of carbonyl (C=O) groups excluding carboxylic acids is 1. The summed E-state index contributed by atoms with van der Waals surface area (Å²) in [7, 11) is -3.66. The lowest BCUT2D eigenvalue weighted by Gasteiger charge is -2.34. The third-order valence-corrected chi connectivity index (χ3v) is 7.61. The zero-order valence-electron chi connectivity index (χ0n) is 17.5. The Morgan fingerprint density at radius 2 is 1.74 bits per heavy atom. The summed E-state index contributed by atoms with van der Waals surface area (Å²) in [6, 6.07) is 10.9. The number of rotatable bonds is 6. The summed E-state index contributed by atoms with van der Waals surface area (Å²) in [6.45, 7) is 4.87. The van der Waals surface area contributed by atoms with E-state index in [1.807, 2.05) is 12.1 Å². The van der Waals surface area contributed by atoms with E-state index in [0.717, 1.165) is 18.1 Å². The van der Waals surface area contributed by atoms with Crippen molar-refractivity contribution < 1.29 is 18.1 Å². The fourth-order valence-corrected chi connectivity index (χ4v) is 4.92. The Morgan fingerprint density at radius 3 is 2.29 bits per heavy atom. The monoisotopic (exact) mass is 446 g/mol. The molecule has 1 saturated heterocycles. The fourth-order valence-electron chi connectivity index (χ4n) is 3.50. The molecule has 1 aliphatic rings. The maximum atomic E-state index is 13.0. The Morgan fingerprint density at radius 1 is 1.13 bits per heavy atom. The molecular weight excluding hydrogens is 420 g/mol. The van der Waals surface area contributed by atoms with Gasteiger partial charge in [-0.1, -0.05) is 26.0 Å². The number of nitrogens with two attached hydrogens (primary N) is 1. The molecule has 2 aromatic carbocycles. The third-order valence-electron chi connectivity index (χ3n) is 5.70. The average Bonchev–Trinajstić information content (AvgIpc) is 2.78. The van der Waals surface area contributed by atoms with Crippen LogP contribution in [0.5, 0.6) is 0 Å². The van der Waals surface area contributed by atoms with E-state index in [2.05, 4.69) is 13.8 Å². The number of amides is 1. The minimum atomic E-state index is -3.66. The molecule has 31 heavy (non-hydrogen) atoms. The molecule has 1 fully saturated rings. The second-order valence-corrected chi connectivity index (χ2v) is 9.54. The first kappa shape index (κ1) is 22.7. The molecule has 1 heterocycles. The number of benzene rings is 2. The van der Waals surface area contributed by atoms with Crippen molar-refractivity contribution in [3.63, 3.8) is 0 Å². The predicted molar refractivity (Wildman–Crippen MR) is 117 cm³/mol. The normalized spacial score (nSPS) is 16.1. The van der Waals surface area contributed by atoms with E-state index in [1.54, 1.807) is 12.1 Å². The molecule has 0 saturated carbocycles. The first-order valence-electron chi connectivity index (χ1n) is 10.1. The highest BCUT2D eigenvalue weighted by molar-refractivity contribution is 7.89. The quantitative estimate of drug-likeness (QED) is 0.413. The second-order valence-electron chi connectivity index (χ2n) is 7.61. The smallest absolute Gasteiger partial charge is 0.292 e. The molecule has 0 aromatic heterocycles. The van der Waals surface area contributed by atoms with Crippen molar-refractivity contribution in [1.82, 2.24) is 9.21 Å². The number of nitrogen functional groups attached to an aromatic ring is 1. The molecule has 166 valence electrons. The first-order valence-corrected chi connectivity index (χ1v) is 11.5. The highest BCUT2D eigenvalue weighted by Gasteiger charge is 2.31. The lowest BCUT2D eigenvalue weighted by Crippen LogP contribution is -2.50. The lowest BCUT2D eigenvalue weighted by molar-refractivity contribution is -0.383. The first-order chi connectivity index (χ1) is 14.6. The van der Waals surface area contributed by atoms with Crippen LogP contribution in [0.25, 0.3) is 0 Å². The Balaban J connectivity index is 1.69. The van der Waals surface area contributed by atoms with E-state index < -0.39 is 20.9 Å². The molecule has 0 radical (unpaired) electrons. The molecule has 3 rings (SSSR count). The number of sulfonamides is 1. The average molecular weight is 447 g/mol. The van der Waals surface area contributed by atoms with Gasteiger partial charge in [-0.2, -0.15) is 4.31 Å². The van der Waals surface area contributed by atoms with Gasteiger partial charge in [0.2, 0.25) is 10.0 Å². The van der Waals surface area contributed by atoms with Crippen LogP contribution in [0.15, 0.2) is 47.4 Å². The molecule has 0 bridgehead atoms. The molecule has 10 heteroatoms. The third kappa shape index (κ3) is 4.70. The summed E-state index contributed by atoms with van der Waals surface area (Å²) in [5.41, 5.74) is 6.48. The fraction of sp³-hybridized carbons (Fsp3) is 0.381. The number of hydrogen-bond acceptors (Lipinski definition) is 6. The largest absolute Gasteiger partial charge is 0.393 e. The van der Waals surface area contributed by atoms with Crippen molar-refractivity contribution >= 4 is 27.3 Å². The van der Waals surface area contributed by atoms with Crippen LogP contribution in [0.1, 0.15) is 42.1 Å². The predicted octanol–water partition coefficient (Wildman–Crippen LogP) is 2.84. The van der Waals surface area contributed by atoms with Crippen molar-refractivity contribution in [3.8, 4) is 0 Å². The minimum Gasteiger partial charge on any atom is -0.393 e. The van der Waals surface area contributed by atoms with Crippen molar-refractivity contribution in [1.29, 1.82) is 0 Å². The minimum absolute atomic E-state index is 0.0168. The Bertz CT molecular complexity index is 1080. The van der Waals surface area contributed by atoms with Gasteiger partial charge in [-0.3, -0.25) is 14.9 Å². The molecule has 1 amide bonds. The van der Waals surface area contributed by atoms with Crippen LogP contribution in [0.4, 0.5) is 11.4 Å². The van der Waals surface area contributed by atoms with Crippen LogP contribution >= 0.6 is 0 Å². The number of hydrogen-bond donors (Lipinski definition) is 1. The number of nitro benzene ring substituents is 1. The molecule has 2 N–H and O–H groups in total.